The maximum Gasteiger partial charge on any atom is 0.177 e. The second-order valence-corrected chi connectivity index (χ2v) is 8.45. The highest BCUT2D eigenvalue weighted by molar-refractivity contribution is 7.90. The molecule has 0 atom stereocenters. The molecule has 1 aromatic rings. The van der Waals surface area contributed by atoms with E-state index in [-0.39, 0.29) is 4.90 Å². The predicted octanol–water partition coefficient (Wildman–Crippen LogP) is 2.69. The van der Waals surface area contributed by atoms with Gasteiger partial charge in [-0.2, -0.15) is 0 Å². The quantitative estimate of drug-likeness (QED) is 0.852. The van der Waals surface area contributed by atoms with Crippen molar-refractivity contribution < 1.29 is 8.42 Å². The highest BCUT2D eigenvalue weighted by atomic mass is 32.2. The predicted molar refractivity (Wildman–Crippen MR) is 83.8 cm³/mol. The Labute approximate surface area is 121 Å². The summed E-state index contributed by atoms with van der Waals surface area (Å²) in [6.07, 6.45) is 4.59. The second kappa shape index (κ2) is 5.28. The molecular weight excluding hydrogens is 272 g/mol. The number of para-hydroxylation sites is 1. The van der Waals surface area contributed by atoms with Crippen molar-refractivity contribution in [2.75, 3.05) is 30.0 Å². The fourth-order valence-corrected chi connectivity index (χ4v) is 3.63. The van der Waals surface area contributed by atoms with Crippen LogP contribution in [0.2, 0.25) is 0 Å². The fraction of sp³-hybridized carbons (Fsp3) is 0.600. The van der Waals surface area contributed by atoms with Gasteiger partial charge < -0.3 is 10.6 Å². The van der Waals surface area contributed by atoms with Crippen molar-refractivity contribution in [1.82, 2.24) is 0 Å². The lowest BCUT2D eigenvalue weighted by Gasteiger charge is -2.26. The van der Waals surface area contributed by atoms with E-state index in [9.17, 15) is 8.42 Å². The van der Waals surface area contributed by atoms with Crippen molar-refractivity contribution in [3.63, 3.8) is 0 Å². The lowest BCUT2D eigenvalue weighted by molar-refractivity contribution is 0.325. The zero-order chi connectivity index (χ0) is 15.0. The molecule has 112 valence electrons. The third-order valence-electron chi connectivity index (χ3n) is 4.12. The van der Waals surface area contributed by atoms with Crippen molar-refractivity contribution in [2.45, 2.75) is 38.0 Å². The molecule has 0 saturated carbocycles. The summed E-state index contributed by atoms with van der Waals surface area (Å²) in [6, 6.07) is 5.27. The van der Waals surface area contributed by atoms with Crippen molar-refractivity contribution in [3.05, 3.63) is 18.2 Å². The number of nitrogens with zero attached hydrogens (tertiary/aromatic N) is 1. The molecule has 0 spiro atoms. The summed E-state index contributed by atoms with van der Waals surface area (Å²) in [5, 5.41) is 0. The normalized spacial score (nSPS) is 19.6. The summed E-state index contributed by atoms with van der Waals surface area (Å²) in [6.45, 7) is 6.42. The van der Waals surface area contributed by atoms with Crippen LogP contribution in [0.25, 0.3) is 0 Å². The van der Waals surface area contributed by atoms with Gasteiger partial charge in [0.25, 0.3) is 0 Å². The molecule has 0 radical (unpaired) electrons. The molecule has 1 saturated heterocycles. The Hall–Kier alpha value is -1.23. The second-order valence-electron chi connectivity index (χ2n) is 6.47. The van der Waals surface area contributed by atoms with Gasteiger partial charge in [0.05, 0.1) is 16.3 Å². The fourth-order valence-electron chi connectivity index (χ4n) is 2.80. The zero-order valence-corrected chi connectivity index (χ0v) is 13.3. The maximum absolute atomic E-state index is 11.8. The first-order valence-corrected chi connectivity index (χ1v) is 8.93. The molecule has 1 fully saturated rings. The monoisotopic (exact) mass is 296 g/mol. The van der Waals surface area contributed by atoms with Crippen LogP contribution in [0.3, 0.4) is 0 Å². The van der Waals surface area contributed by atoms with Gasteiger partial charge in [-0.1, -0.05) is 19.9 Å². The van der Waals surface area contributed by atoms with Crippen LogP contribution in [0.1, 0.15) is 33.1 Å². The molecule has 0 aromatic heterocycles. The minimum atomic E-state index is -3.28. The molecule has 1 aliphatic rings. The number of nitrogen functional groups attached to an aromatic ring is 1. The molecule has 5 heteroatoms. The smallest absolute Gasteiger partial charge is 0.177 e. The molecule has 20 heavy (non-hydrogen) atoms. The molecule has 2 rings (SSSR count). The van der Waals surface area contributed by atoms with Gasteiger partial charge in [-0.3, -0.25) is 0 Å². The van der Waals surface area contributed by atoms with E-state index in [0.29, 0.717) is 11.1 Å². The number of benzene rings is 1. The van der Waals surface area contributed by atoms with E-state index in [1.165, 1.54) is 12.7 Å². The summed E-state index contributed by atoms with van der Waals surface area (Å²) in [7, 11) is -3.28. The number of hydrogen-bond donors (Lipinski definition) is 1. The summed E-state index contributed by atoms with van der Waals surface area (Å²) in [5.74, 6) is 0. The molecule has 1 aromatic carbocycles. The van der Waals surface area contributed by atoms with Crippen LogP contribution in [-0.2, 0) is 9.84 Å². The number of anilines is 2. The average molecular weight is 296 g/mol. The van der Waals surface area contributed by atoms with E-state index >= 15 is 0 Å². The summed E-state index contributed by atoms with van der Waals surface area (Å²) in [4.78, 5) is 2.46. The van der Waals surface area contributed by atoms with Crippen LogP contribution < -0.4 is 10.6 Å². The van der Waals surface area contributed by atoms with Gasteiger partial charge in [0, 0.05) is 19.3 Å². The van der Waals surface area contributed by atoms with Gasteiger partial charge in [-0.15, -0.1) is 0 Å². The van der Waals surface area contributed by atoms with Gasteiger partial charge in [-0.05, 0) is 36.8 Å². The topological polar surface area (TPSA) is 63.4 Å². The summed E-state index contributed by atoms with van der Waals surface area (Å²) in [5.41, 5.74) is 7.68. The van der Waals surface area contributed by atoms with Crippen LogP contribution >= 0.6 is 0 Å². The van der Waals surface area contributed by atoms with Gasteiger partial charge in [0.1, 0.15) is 0 Å². The van der Waals surface area contributed by atoms with Crippen LogP contribution in [0, 0.1) is 5.41 Å². The molecule has 0 bridgehead atoms. The van der Waals surface area contributed by atoms with Gasteiger partial charge in [-0.25, -0.2) is 8.42 Å². The largest absolute Gasteiger partial charge is 0.396 e. The van der Waals surface area contributed by atoms with Crippen LogP contribution in [0.5, 0.6) is 0 Å². The molecule has 2 N–H and O–H groups in total. The van der Waals surface area contributed by atoms with Crippen molar-refractivity contribution in [2.24, 2.45) is 5.41 Å². The van der Waals surface area contributed by atoms with E-state index in [0.717, 1.165) is 31.6 Å². The zero-order valence-electron chi connectivity index (χ0n) is 12.5. The number of hydrogen-bond acceptors (Lipinski definition) is 4. The van der Waals surface area contributed by atoms with Crippen molar-refractivity contribution in [3.8, 4) is 0 Å². The summed E-state index contributed by atoms with van der Waals surface area (Å²) >= 11 is 0. The van der Waals surface area contributed by atoms with Crippen LogP contribution in [0.4, 0.5) is 11.4 Å². The minimum Gasteiger partial charge on any atom is -0.396 e. The highest BCUT2D eigenvalue weighted by Crippen LogP contribution is 2.35. The SMILES string of the molecule is CC1(C)CCCN(c2cccc(S(C)(=O)=O)c2N)CC1. The van der Waals surface area contributed by atoms with E-state index in [1.807, 2.05) is 6.07 Å². The molecule has 0 unspecified atom stereocenters. The third kappa shape index (κ3) is 3.26. The van der Waals surface area contributed by atoms with Gasteiger partial charge in [0.2, 0.25) is 0 Å². The van der Waals surface area contributed by atoms with Gasteiger partial charge in [0.15, 0.2) is 9.84 Å². The van der Waals surface area contributed by atoms with Crippen molar-refractivity contribution >= 4 is 21.2 Å². The third-order valence-corrected chi connectivity index (χ3v) is 5.28. The number of nitrogens with two attached hydrogens (primary N) is 1. The van der Waals surface area contributed by atoms with Crippen LogP contribution in [0.15, 0.2) is 23.1 Å². The standard InChI is InChI=1S/C15H24N2O2S/c1-15(2)8-5-10-17(11-9-15)12-6-4-7-13(14(12)16)20(3,18)19/h4,6-7H,5,8-11,16H2,1-3H3. The first kappa shape index (κ1) is 15.2. The Morgan fingerprint density at radius 3 is 2.55 bits per heavy atom. The lowest BCUT2D eigenvalue weighted by Crippen LogP contribution is -2.26. The molecule has 0 aliphatic carbocycles. The Kier molecular flexibility index (Phi) is 4.00. The number of sulfone groups is 1. The lowest BCUT2D eigenvalue weighted by atomic mass is 9.85. The highest BCUT2D eigenvalue weighted by Gasteiger charge is 2.25. The first-order valence-electron chi connectivity index (χ1n) is 7.04. The molecule has 1 aliphatic heterocycles. The van der Waals surface area contributed by atoms with E-state index in [4.69, 9.17) is 5.73 Å². The molecule has 4 nitrogen and oxygen atoms in total. The Bertz CT molecular complexity index is 594. The van der Waals surface area contributed by atoms with E-state index in [1.54, 1.807) is 12.1 Å². The van der Waals surface area contributed by atoms with Crippen molar-refractivity contribution in [1.29, 1.82) is 0 Å². The molecule has 1 heterocycles. The van der Waals surface area contributed by atoms with Crippen LogP contribution in [-0.4, -0.2) is 27.8 Å². The Morgan fingerprint density at radius 2 is 1.90 bits per heavy atom. The first-order chi connectivity index (χ1) is 9.21. The molecular formula is C15H24N2O2S. The van der Waals surface area contributed by atoms with E-state index < -0.39 is 9.84 Å². The Balaban J connectivity index is 2.34. The minimum absolute atomic E-state index is 0.235. The summed E-state index contributed by atoms with van der Waals surface area (Å²) < 4.78 is 23.5. The average Bonchev–Trinajstić information content (AvgIpc) is 2.49. The number of rotatable bonds is 2. The molecule has 0 amide bonds. The maximum atomic E-state index is 11.8. The van der Waals surface area contributed by atoms with E-state index in [2.05, 4.69) is 18.7 Å². The van der Waals surface area contributed by atoms with Gasteiger partial charge >= 0.3 is 0 Å². The Morgan fingerprint density at radius 1 is 1.20 bits per heavy atom.